The summed E-state index contributed by atoms with van der Waals surface area (Å²) in [4.78, 5) is 13.4. The summed E-state index contributed by atoms with van der Waals surface area (Å²) in [7, 11) is 1.49. The van der Waals surface area contributed by atoms with E-state index in [4.69, 9.17) is 0 Å². The molecule has 5 heteroatoms. The number of hydrogen-bond donors (Lipinski definition) is 0. The molecule has 0 aliphatic carbocycles. The second-order valence-corrected chi connectivity index (χ2v) is 4.40. The van der Waals surface area contributed by atoms with E-state index < -0.39 is 23.4 Å². The first kappa shape index (κ1) is 14.1. The monoisotopic (exact) mass is 279 g/mol. The van der Waals surface area contributed by atoms with Gasteiger partial charge in [-0.15, -0.1) is 0 Å². The molecule has 0 aromatic heterocycles. The van der Waals surface area contributed by atoms with Crippen LogP contribution in [-0.4, -0.2) is 13.0 Å². The number of amides is 1. The van der Waals surface area contributed by atoms with E-state index in [1.165, 1.54) is 11.9 Å². The Morgan fingerprint density at radius 2 is 1.60 bits per heavy atom. The maximum Gasteiger partial charge on any atom is 0.258 e. The van der Waals surface area contributed by atoms with Crippen LogP contribution in [0.4, 0.5) is 18.9 Å². The Morgan fingerprint density at radius 1 is 1.05 bits per heavy atom. The average molecular weight is 279 g/mol. The van der Waals surface area contributed by atoms with E-state index in [1.54, 1.807) is 12.1 Å². The fourth-order valence-electron chi connectivity index (χ4n) is 1.92. The van der Waals surface area contributed by atoms with Crippen molar-refractivity contribution in [2.24, 2.45) is 0 Å². The van der Waals surface area contributed by atoms with Gasteiger partial charge >= 0.3 is 0 Å². The van der Waals surface area contributed by atoms with Crippen molar-refractivity contribution in [3.8, 4) is 0 Å². The maximum atomic E-state index is 13.2. The van der Waals surface area contributed by atoms with Crippen molar-refractivity contribution in [2.75, 3.05) is 11.9 Å². The normalized spacial score (nSPS) is 10.4. The molecule has 2 aromatic rings. The summed E-state index contributed by atoms with van der Waals surface area (Å²) in [5.41, 5.74) is 1.21. The number of carbonyl (C=O) groups is 1. The lowest BCUT2D eigenvalue weighted by Gasteiger charge is -2.19. The Morgan fingerprint density at radius 3 is 2.15 bits per heavy atom. The highest BCUT2D eigenvalue weighted by Gasteiger charge is 2.19. The minimum Gasteiger partial charge on any atom is -0.311 e. The number of anilines is 1. The number of halogens is 3. The first-order valence-corrected chi connectivity index (χ1v) is 5.90. The standard InChI is InChI=1S/C15H12F3NO/c1-9-5-3-4-6-13(9)19(2)15(20)10-7-11(16)14(18)12(17)8-10/h3-8H,1-2H3. The highest BCUT2D eigenvalue weighted by atomic mass is 19.2. The average Bonchev–Trinajstić information content (AvgIpc) is 2.43. The third-order valence-corrected chi connectivity index (χ3v) is 3.01. The lowest BCUT2D eigenvalue weighted by atomic mass is 10.1. The summed E-state index contributed by atoms with van der Waals surface area (Å²) in [6.45, 7) is 1.81. The second-order valence-electron chi connectivity index (χ2n) is 4.40. The first-order valence-electron chi connectivity index (χ1n) is 5.90. The molecule has 0 atom stereocenters. The Hall–Kier alpha value is -2.30. The van der Waals surface area contributed by atoms with Gasteiger partial charge in [0.25, 0.3) is 5.91 Å². The van der Waals surface area contributed by atoms with Crippen LogP contribution in [-0.2, 0) is 0 Å². The van der Waals surface area contributed by atoms with Gasteiger partial charge in [-0.1, -0.05) is 18.2 Å². The molecule has 1 amide bonds. The molecule has 0 aliphatic rings. The number of nitrogens with zero attached hydrogens (tertiary/aromatic N) is 1. The fourth-order valence-corrected chi connectivity index (χ4v) is 1.92. The topological polar surface area (TPSA) is 20.3 Å². The largest absolute Gasteiger partial charge is 0.311 e. The zero-order valence-corrected chi connectivity index (χ0v) is 11.0. The SMILES string of the molecule is Cc1ccccc1N(C)C(=O)c1cc(F)c(F)c(F)c1. The zero-order valence-electron chi connectivity index (χ0n) is 11.0. The molecule has 0 radical (unpaired) electrons. The molecule has 2 nitrogen and oxygen atoms in total. The third-order valence-electron chi connectivity index (χ3n) is 3.01. The summed E-state index contributed by atoms with van der Waals surface area (Å²) in [6, 6.07) is 8.46. The molecule has 0 saturated carbocycles. The molecule has 104 valence electrons. The van der Waals surface area contributed by atoms with E-state index in [0.717, 1.165) is 5.56 Å². The number of hydrogen-bond acceptors (Lipinski definition) is 1. The second kappa shape index (κ2) is 5.36. The minimum atomic E-state index is -1.58. The zero-order chi connectivity index (χ0) is 14.9. The van der Waals surface area contributed by atoms with Crippen LogP contribution in [0.5, 0.6) is 0 Å². The van der Waals surface area contributed by atoms with Crippen LogP contribution in [0.15, 0.2) is 36.4 Å². The fraction of sp³-hybridized carbons (Fsp3) is 0.133. The number of rotatable bonds is 2. The molecule has 0 saturated heterocycles. The van der Waals surface area contributed by atoms with Gasteiger partial charge in [-0.25, -0.2) is 13.2 Å². The predicted octanol–water partition coefficient (Wildman–Crippen LogP) is 3.69. The summed E-state index contributed by atoms with van der Waals surface area (Å²) >= 11 is 0. The Kier molecular flexibility index (Phi) is 3.79. The lowest BCUT2D eigenvalue weighted by Crippen LogP contribution is -2.27. The number of aryl methyl sites for hydroxylation is 1. The molecule has 0 spiro atoms. The van der Waals surface area contributed by atoms with E-state index in [0.29, 0.717) is 17.8 Å². The van der Waals surface area contributed by atoms with Crippen LogP contribution in [0, 0.1) is 24.4 Å². The molecule has 20 heavy (non-hydrogen) atoms. The van der Waals surface area contributed by atoms with Crippen molar-refractivity contribution in [1.82, 2.24) is 0 Å². The molecule has 0 bridgehead atoms. The quantitative estimate of drug-likeness (QED) is 0.768. The smallest absolute Gasteiger partial charge is 0.258 e. The first-order chi connectivity index (χ1) is 9.41. The molecular formula is C15H12F3NO. The molecule has 2 rings (SSSR count). The van der Waals surface area contributed by atoms with Crippen molar-refractivity contribution in [1.29, 1.82) is 0 Å². The van der Waals surface area contributed by atoms with Crippen LogP contribution in [0.2, 0.25) is 0 Å². The Balaban J connectivity index is 2.39. The van der Waals surface area contributed by atoms with Gasteiger partial charge in [0.05, 0.1) is 0 Å². The van der Waals surface area contributed by atoms with Crippen molar-refractivity contribution < 1.29 is 18.0 Å². The number of benzene rings is 2. The van der Waals surface area contributed by atoms with E-state index in [2.05, 4.69) is 0 Å². The van der Waals surface area contributed by atoms with Gasteiger partial charge in [-0.3, -0.25) is 4.79 Å². The third kappa shape index (κ3) is 2.52. The summed E-state index contributed by atoms with van der Waals surface area (Å²) in [6.07, 6.45) is 0. The summed E-state index contributed by atoms with van der Waals surface area (Å²) in [5.74, 6) is -4.96. The summed E-state index contributed by atoms with van der Waals surface area (Å²) in [5, 5.41) is 0. The van der Waals surface area contributed by atoms with Gasteiger partial charge in [0.1, 0.15) is 0 Å². The predicted molar refractivity (Wildman–Crippen MR) is 70.2 cm³/mol. The Labute approximate surface area is 114 Å². The van der Waals surface area contributed by atoms with E-state index in [1.807, 2.05) is 19.1 Å². The Bertz CT molecular complexity index is 647. The van der Waals surface area contributed by atoms with Crippen LogP contribution in [0.1, 0.15) is 15.9 Å². The number of para-hydroxylation sites is 1. The molecule has 2 aromatic carbocycles. The van der Waals surface area contributed by atoms with Crippen LogP contribution in [0.25, 0.3) is 0 Å². The van der Waals surface area contributed by atoms with Gasteiger partial charge in [-0.05, 0) is 30.7 Å². The summed E-state index contributed by atoms with van der Waals surface area (Å²) < 4.78 is 39.2. The van der Waals surface area contributed by atoms with E-state index >= 15 is 0 Å². The maximum absolute atomic E-state index is 13.2. The molecule has 0 unspecified atom stereocenters. The molecular weight excluding hydrogens is 267 g/mol. The molecule has 0 aliphatic heterocycles. The van der Waals surface area contributed by atoms with Crippen molar-refractivity contribution in [3.63, 3.8) is 0 Å². The molecule has 0 fully saturated rings. The van der Waals surface area contributed by atoms with Gasteiger partial charge in [0, 0.05) is 18.3 Å². The van der Waals surface area contributed by atoms with Crippen molar-refractivity contribution >= 4 is 11.6 Å². The van der Waals surface area contributed by atoms with Crippen LogP contribution >= 0.6 is 0 Å². The molecule has 0 heterocycles. The van der Waals surface area contributed by atoms with E-state index in [9.17, 15) is 18.0 Å². The highest BCUT2D eigenvalue weighted by molar-refractivity contribution is 6.06. The van der Waals surface area contributed by atoms with Gasteiger partial charge in [0.15, 0.2) is 17.5 Å². The van der Waals surface area contributed by atoms with Crippen LogP contribution in [0.3, 0.4) is 0 Å². The van der Waals surface area contributed by atoms with Crippen LogP contribution < -0.4 is 4.90 Å². The van der Waals surface area contributed by atoms with E-state index in [-0.39, 0.29) is 5.56 Å². The highest BCUT2D eigenvalue weighted by Crippen LogP contribution is 2.21. The van der Waals surface area contributed by atoms with Gasteiger partial charge in [-0.2, -0.15) is 0 Å². The lowest BCUT2D eigenvalue weighted by molar-refractivity contribution is 0.0991. The van der Waals surface area contributed by atoms with Crippen molar-refractivity contribution in [2.45, 2.75) is 6.92 Å². The minimum absolute atomic E-state index is 0.243. The van der Waals surface area contributed by atoms with Gasteiger partial charge in [0.2, 0.25) is 0 Å². The molecule has 0 N–H and O–H groups in total. The van der Waals surface area contributed by atoms with Gasteiger partial charge < -0.3 is 4.90 Å². The number of carbonyl (C=O) groups excluding carboxylic acids is 1. The van der Waals surface area contributed by atoms with Crippen molar-refractivity contribution in [3.05, 3.63) is 65.0 Å².